The van der Waals surface area contributed by atoms with E-state index < -0.39 is 31.5 Å². The van der Waals surface area contributed by atoms with Gasteiger partial charge in [-0.2, -0.15) is 0 Å². The van der Waals surface area contributed by atoms with Crippen molar-refractivity contribution in [3.63, 3.8) is 0 Å². The Bertz CT molecular complexity index is 1720. The fourth-order valence-electron chi connectivity index (χ4n) is 8.58. The molecule has 4 N–H and O–H groups in total. The Balaban J connectivity index is 1.26. The van der Waals surface area contributed by atoms with Crippen LogP contribution in [0.2, 0.25) is 18.6 Å². The first-order valence-electron chi connectivity index (χ1n) is 17.0. The van der Waals surface area contributed by atoms with E-state index in [0.29, 0.717) is 35.6 Å². The van der Waals surface area contributed by atoms with Gasteiger partial charge < -0.3 is 30.2 Å². The summed E-state index contributed by atoms with van der Waals surface area (Å²) in [4.78, 5) is 57.3. The van der Waals surface area contributed by atoms with Crippen LogP contribution >= 0.6 is 0 Å². The van der Waals surface area contributed by atoms with Crippen molar-refractivity contribution in [1.82, 2.24) is 10.2 Å². The third kappa shape index (κ3) is 5.47. The predicted molar refractivity (Wildman–Crippen MR) is 185 cm³/mol. The van der Waals surface area contributed by atoms with E-state index >= 15 is 0 Å². The van der Waals surface area contributed by atoms with Crippen molar-refractivity contribution in [2.45, 2.75) is 81.6 Å². The summed E-state index contributed by atoms with van der Waals surface area (Å²) >= 11 is 0. The lowest BCUT2D eigenvalue weighted by molar-refractivity contribution is -0.150. The summed E-state index contributed by atoms with van der Waals surface area (Å²) in [7, 11) is -3.05. The Kier molecular flexibility index (Phi) is 8.53. The first kappa shape index (κ1) is 32.7. The molecule has 3 aromatic rings. The van der Waals surface area contributed by atoms with Crippen molar-refractivity contribution in [1.29, 1.82) is 0 Å². The lowest BCUT2D eigenvalue weighted by Crippen LogP contribution is -2.48. The molecule has 11 heteroatoms. The Labute approximate surface area is 282 Å². The number of rotatable bonds is 7. The van der Waals surface area contributed by atoms with Crippen molar-refractivity contribution < 1.29 is 29.0 Å². The number of aliphatic hydroxyl groups excluding tert-OH is 1. The molecule has 7 rings (SSSR count). The van der Waals surface area contributed by atoms with Gasteiger partial charge in [0.2, 0.25) is 11.8 Å². The van der Waals surface area contributed by atoms with Crippen LogP contribution in [0.1, 0.15) is 42.9 Å². The second kappa shape index (κ2) is 12.5. The molecule has 252 valence electrons. The van der Waals surface area contributed by atoms with Crippen LogP contribution in [0.25, 0.3) is 0 Å². The summed E-state index contributed by atoms with van der Waals surface area (Å²) in [6, 6.07) is 22.2. The van der Waals surface area contributed by atoms with Crippen LogP contribution in [0.4, 0.5) is 17.1 Å². The quantitative estimate of drug-likeness (QED) is 0.278. The molecule has 2 fully saturated rings. The molecule has 0 radical (unpaired) electrons. The fraction of sp³-hybridized carbons (Fsp3) is 0.432. The van der Waals surface area contributed by atoms with Gasteiger partial charge in [0.15, 0.2) is 13.9 Å². The van der Waals surface area contributed by atoms with Crippen molar-refractivity contribution in [3.05, 3.63) is 89.5 Å². The van der Waals surface area contributed by atoms with Crippen molar-refractivity contribution in [2.24, 2.45) is 5.92 Å². The minimum Gasteiger partial charge on any atom is -0.432 e. The minimum atomic E-state index is -3.05. The molecular weight excluding hydrogens is 625 g/mol. The zero-order chi connectivity index (χ0) is 33.8. The van der Waals surface area contributed by atoms with E-state index in [1.165, 1.54) is 0 Å². The van der Waals surface area contributed by atoms with Gasteiger partial charge in [-0.15, -0.1) is 0 Å². The largest absolute Gasteiger partial charge is 0.432 e. The lowest BCUT2D eigenvalue weighted by Gasteiger charge is -2.37. The van der Waals surface area contributed by atoms with Gasteiger partial charge in [0.05, 0.1) is 36.9 Å². The summed E-state index contributed by atoms with van der Waals surface area (Å²) in [6.45, 7) is 6.61. The second-order valence-electron chi connectivity index (χ2n) is 14.2. The van der Waals surface area contributed by atoms with Crippen LogP contribution in [0, 0.1) is 5.92 Å². The van der Waals surface area contributed by atoms with Crippen molar-refractivity contribution >= 4 is 43.1 Å². The van der Waals surface area contributed by atoms with Gasteiger partial charge in [-0.3, -0.25) is 19.3 Å². The van der Waals surface area contributed by atoms with Gasteiger partial charge in [0.25, 0.3) is 5.91 Å². The standard InChI is InChI=1S/C37H44N4O6Si/c1-23-34(48(2,3)46)32(20-33(43)40-21-25-11-8-7-10-24(25)18-28(40)22-42)47-37(23)29-19-26(39-35(44)30-14-9-17-38-30)15-16-31(29)41(36(37)45)27-12-5-4-6-13-27/h4-8,10-13,15-16,19,23,28,30,32,34,38,42,46H,9,14,17-18,20-22H2,1-3H3,(H,39,44)/t23-,28+,30-,32+,34-,37+/m1/s1. The van der Waals surface area contributed by atoms with Crippen molar-refractivity contribution in [3.8, 4) is 0 Å². The number of ether oxygens (including phenoxy) is 1. The third-order valence-electron chi connectivity index (χ3n) is 10.8. The molecule has 3 amide bonds. The van der Waals surface area contributed by atoms with Gasteiger partial charge in [-0.1, -0.05) is 49.4 Å². The lowest BCUT2D eigenvalue weighted by atomic mass is 9.82. The van der Waals surface area contributed by atoms with Crippen LogP contribution in [-0.4, -0.2) is 72.2 Å². The highest BCUT2D eigenvalue weighted by molar-refractivity contribution is 6.71. The number of nitrogens with zero attached hydrogens (tertiary/aromatic N) is 2. The van der Waals surface area contributed by atoms with Crippen LogP contribution < -0.4 is 15.5 Å². The van der Waals surface area contributed by atoms with Gasteiger partial charge in [0, 0.05) is 34.9 Å². The molecule has 4 heterocycles. The van der Waals surface area contributed by atoms with E-state index in [-0.39, 0.29) is 42.8 Å². The Morgan fingerprint density at radius 3 is 2.48 bits per heavy atom. The van der Waals surface area contributed by atoms with Crippen LogP contribution in [0.3, 0.4) is 0 Å². The number of fused-ring (bicyclic) bond motifs is 3. The monoisotopic (exact) mass is 668 g/mol. The predicted octanol–water partition coefficient (Wildman–Crippen LogP) is 4.19. The summed E-state index contributed by atoms with van der Waals surface area (Å²) < 4.78 is 6.96. The van der Waals surface area contributed by atoms with Crippen LogP contribution in [-0.2, 0) is 37.7 Å². The van der Waals surface area contributed by atoms with Gasteiger partial charge in [-0.25, -0.2) is 0 Å². The molecule has 0 aromatic heterocycles. The number of carbonyl (C=O) groups is 3. The minimum absolute atomic E-state index is 0.0376. The number of anilines is 3. The molecule has 0 bridgehead atoms. The Morgan fingerprint density at radius 2 is 1.79 bits per heavy atom. The van der Waals surface area contributed by atoms with E-state index in [9.17, 15) is 24.3 Å². The normalized spacial score (nSPS) is 28.1. The SMILES string of the molecule is C[C@@H]1[C@@H]([Si](C)(C)O)[C@H](CC(=O)N2Cc3ccccc3C[C@H]2CO)O[C@@]12C(=O)N(c1ccccc1)c1ccc(NC(=O)[C@H]3CCCN3)cc12. The molecule has 6 atom stereocenters. The van der Waals surface area contributed by atoms with Gasteiger partial charge in [0.1, 0.15) is 0 Å². The number of amides is 3. The van der Waals surface area contributed by atoms with E-state index in [4.69, 9.17) is 4.74 Å². The average Bonchev–Trinajstić information content (AvgIpc) is 3.77. The first-order chi connectivity index (χ1) is 23.0. The van der Waals surface area contributed by atoms with Crippen LogP contribution in [0.5, 0.6) is 0 Å². The maximum absolute atomic E-state index is 14.9. The molecule has 3 aromatic carbocycles. The molecule has 48 heavy (non-hydrogen) atoms. The maximum Gasteiger partial charge on any atom is 0.268 e. The van der Waals surface area contributed by atoms with Gasteiger partial charge in [-0.05, 0) is 80.4 Å². The molecular formula is C37H44N4O6Si. The number of carbonyl (C=O) groups excluding carboxylic acids is 3. The fourth-order valence-corrected chi connectivity index (χ4v) is 11.1. The molecule has 1 spiro atoms. The zero-order valence-corrected chi connectivity index (χ0v) is 28.7. The number of benzene rings is 3. The summed E-state index contributed by atoms with van der Waals surface area (Å²) in [5, 5.41) is 16.6. The zero-order valence-electron chi connectivity index (χ0n) is 27.7. The summed E-state index contributed by atoms with van der Waals surface area (Å²) in [5.74, 6) is -1.08. The summed E-state index contributed by atoms with van der Waals surface area (Å²) in [6.07, 6.45) is 1.46. The number of hydrogen-bond acceptors (Lipinski definition) is 7. The maximum atomic E-state index is 14.9. The van der Waals surface area contributed by atoms with Crippen LogP contribution in [0.15, 0.2) is 72.8 Å². The second-order valence-corrected chi connectivity index (χ2v) is 18.2. The Morgan fingerprint density at radius 1 is 1.06 bits per heavy atom. The number of aliphatic hydroxyl groups is 1. The van der Waals surface area contributed by atoms with E-state index in [1.807, 2.05) is 86.7 Å². The number of nitrogens with one attached hydrogen (secondary N) is 2. The average molecular weight is 669 g/mol. The van der Waals surface area contributed by atoms with Crippen molar-refractivity contribution in [2.75, 3.05) is 23.4 Å². The summed E-state index contributed by atoms with van der Waals surface area (Å²) in [5.41, 5.74) is 2.70. The molecule has 2 saturated heterocycles. The van der Waals surface area contributed by atoms with Gasteiger partial charge >= 0.3 is 0 Å². The number of para-hydroxylation sites is 1. The first-order valence-corrected chi connectivity index (χ1v) is 20.0. The smallest absolute Gasteiger partial charge is 0.268 e. The Hall–Kier alpha value is -3.87. The number of hydrogen-bond donors (Lipinski definition) is 4. The molecule has 4 aliphatic rings. The van der Waals surface area contributed by atoms with E-state index in [0.717, 1.165) is 30.5 Å². The molecule has 0 aliphatic carbocycles. The highest BCUT2D eigenvalue weighted by Crippen LogP contribution is 2.61. The van der Waals surface area contributed by atoms with E-state index in [2.05, 4.69) is 10.6 Å². The third-order valence-corrected chi connectivity index (χ3v) is 13.3. The van der Waals surface area contributed by atoms with E-state index in [1.54, 1.807) is 15.9 Å². The molecule has 10 nitrogen and oxygen atoms in total. The topological polar surface area (TPSA) is 131 Å². The molecule has 4 aliphatic heterocycles. The molecule has 0 saturated carbocycles. The highest BCUT2D eigenvalue weighted by atomic mass is 28.4. The highest BCUT2D eigenvalue weighted by Gasteiger charge is 2.67. The molecule has 0 unspecified atom stereocenters.